The smallest absolute Gasteiger partial charge is 0.309 e. The Balaban J connectivity index is 1.82. The molecule has 1 aliphatic rings. The summed E-state index contributed by atoms with van der Waals surface area (Å²) in [4.78, 5) is 0. The highest BCUT2D eigenvalue weighted by Crippen LogP contribution is 2.52. The molecular formula is C28H33BO2. The third-order valence-corrected chi connectivity index (χ3v) is 7.25. The lowest BCUT2D eigenvalue weighted by Crippen LogP contribution is -2.49. The Bertz CT molecular complexity index is 1120. The number of benzene rings is 3. The highest BCUT2D eigenvalue weighted by molar-refractivity contribution is 6.47. The monoisotopic (exact) mass is 412 g/mol. The molecule has 3 aromatic carbocycles. The summed E-state index contributed by atoms with van der Waals surface area (Å²) in [5.74, 6) is 0. The molecule has 0 saturated heterocycles. The lowest BCUT2D eigenvalue weighted by Gasteiger charge is -2.37. The van der Waals surface area contributed by atoms with Crippen LogP contribution < -0.4 is 5.46 Å². The summed E-state index contributed by atoms with van der Waals surface area (Å²) in [7, 11) is 0.462. The minimum atomic E-state index is -0.923. The van der Waals surface area contributed by atoms with E-state index in [2.05, 4.69) is 81.4 Å². The Labute approximate surface area is 187 Å². The van der Waals surface area contributed by atoms with Crippen molar-refractivity contribution in [3.63, 3.8) is 0 Å². The second kappa shape index (κ2) is 7.36. The van der Waals surface area contributed by atoms with Crippen molar-refractivity contribution in [2.75, 3.05) is 0 Å². The molecule has 0 saturated carbocycles. The van der Waals surface area contributed by atoms with Gasteiger partial charge in [-0.25, -0.2) is 0 Å². The molecule has 3 aromatic rings. The van der Waals surface area contributed by atoms with Gasteiger partial charge in [-0.05, 0) is 76.3 Å². The Hall–Kier alpha value is -2.36. The average Bonchev–Trinajstić information content (AvgIpc) is 2.95. The molecule has 1 atom stereocenters. The molecule has 0 bridgehead atoms. The molecule has 0 heterocycles. The fraction of sp³-hybridized carbons (Fsp3) is 0.357. The van der Waals surface area contributed by atoms with E-state index in [1.165, 1.54) is 38.9 Å². The van der Waals surface area contributed by atoms with Crippen LogP contribution in [0.3, 0.4) is 0 Å². The van der Waals surface area contributed by atoms with Gasteiger partial charge in [0.1, 0.15) is 0 Å². The Kier molecular flexibility index (Phi) is 5.19. The van der Waals surface area contributed by atoms with Crippen molar-refractivity contribution in [3.05, 3.63) is 88.5 Å². The molecule has 3 heteroatoms. The van der Waals surface area contributed by atoms with Gasteiger partial charge in [0.05, 0.1) is 11.2 Å². The van der Waals surface area contributed by atoms with Crippen molar-refractivity contribution in [2.24, 2.45) is 0 Å². The van der Waals surface area contributed by atoms with Crippen LogP contribution in [0.1, 0.15) is 62.4 Å². The molecule has 1 N–H and O–H groups in total. The molecule has 160 valence electrons. The van der Waals surface area contributed by atoms with E-state index >= 15 is 0 Å². The third-order valence-electron chi connectivity index (χ3n) is 7.25. The normalized spacial score (nSPS) is 17.9. The average molecular weight is 412 g/mol. The molecule has 1 aliphatic carbocycles. The molecule has 0 amide bonds. The fourth-order valence-corrected chi connectivity index (χ4v) is 4.64. The predicted molar refractivity (Wildman–Crippen MR) is 132 cm³/mol. The van der Waals surface area contributed by atoms with Crippen LogP contribution >= 0.6 is 0 Å². The molecule has 0 spiro atoms. The van der Waals surface area contributed by atoms with E-state index in [1.807, 2.05) is 13.8 Å². The van der Waals surface area contributed by atoms with Crippen LogP contribution in [0.2, 0.25) is 0 Å². The molecular weight excluding hydrogens is 379 g/mol. The lowest BCUT2D eigenvalue weighted by atomic mass is 9.72. The summed E-state index contributed by atoms with van der Waals surface area (Å²) < 4.78 is 6.18. The summed E-state index contributed by atoms with van der Waals surface area (Å²) in [5, 5.41) is 10.5. The van der Waals surface area contributed by atoms with Crippen molar-refractivity contribution in [2.45, 2.75) is 65.1 Å². The van der Waals surface area contributed by atoms with Crippen molar-refractivity contribution < 1.29 is 9.76 Å². The van der Waals surface area contributed by atoms with Gasteiger partial charge < -0.3 is 9.76 Å². The first-order chi connectivity index (χ1) is 14.4. The highest BCUT2D eigenvalue weighted by atomic mass is 16.5. The molecule has 0 aliphatic heterocycles. The largest absolute Gasteiger partial charge is 0.427 e. The Morgan fingerprint density at radius 3 is 2.06 bits per heavy atom. The number of hydrogen-bond donors (Lipinski definition) is 1. The molecule has 0 aromatic heterocycles. The Morgan fingerprint density at radius 2 is 1.42 bits per heavy atom. The van der Waals surface area contributed by atoms with E-state index in [4.69, 9.17) is 4.65 Å². The zero-order valence-corrected chi connectivity index (χ0v) is 19.8. The number of aliphatic hydroxyl groups is 1. The van der Waals surface area contributed by atoms with Gasteiger partial charge in [0.15, 0.2) is 0 Å². The minimum absolute atomic E-state index is 0.218. The SMILES string of the molecule is Cc1cc(C)cc(C2(C)c3ccccc3-c3ccc(BOC(C)(C)C(C)(C)O)cc32)c1. The third kappa shape index (κ3) is 3.64. The van der Waals surface area contributed by atoms with Gasteiger partial charge in [-0.15, -0.1) is 0 Å². The second-order valence-corrected chi connectivity index (χ2v) is 10.3. The van der Waals surface area contributed by atoms with Gasteiger partial charge in [-0.1, -0.05) is 77.3 Å². The maximum absolute atomic E-state index is 10.5. The van der Waals surface area contributed by atoms with Crippen LogP contribution in [-0.4, -0.2) is 23.8 Å². The first-order valence-electron chi connectivity index (χ1n) is 11.1. The molecule has 0 radical (unpaired) electrons. The summed E-state index contributed by atoms with van der Waals surface area (Å²) >= 11 is 0. The van der Waals surface area contributed by atoms with Gasteiger partial charge in [0.25, 0.3) is 0 Å². The maximum atomic E-state index is 10.5. The lowest BCUT2D eigenvalue weighted by molar-refractivity contribution is -0.0893. The zero-order valence-electron chi connectivity index (χ0n) is 19.8. The van der Waals surface area contributed by atoms with E-state index in [0.29, 0.717) is 7.48 Å². The van der Waals surface area contributed by atoms with E-state index in [-0.39, 0.29) is 5.41 Å². The number of rotatable bonds is 5. The van der Waals surface area contributed by atoms with Crippen LogP contribution in [0, 0.1) is 13.8 Å². The molecule has 1 unspecified atom stereocenters. The van der Waals surface area contributed by atoms with E-state index in [0.717, 1.165) is 5.46 Å². The molecule has 31 heavy (non-hydrogen) atoms. The van der Waals surface area contributed by atoms with Crippen molar-refractivity contribution in [1.29, 1.82) is 0 Å². The summed E-state index contributed by atoms with van der Waals surface area (Å²) in [6, 6.07) is 22.3. The van der Waals surface area contributed by atoms with Crippen LogP contribution in [0.5, 0.6) is 0 Å². The van der Waals surface area contributed by atoms with Crippen LogP contribution in [0.15, 0.2) is 60.7 Å². The minimum Gasteiger partial charge on any atom is -0.427 e. The summed E-state index contributed by atoms with van der Waals surface area (Å²) in [6.45, 7) is 14.2. The van der Waals surface area contributed by atoms with Crippen LogP contribution in [0.4, 0.5) is 0 Å². The van der Waals surface area contributed by atoms with Gasteiger partial charge in [0, 0.05) is 5.41 Å². The van der Waals surface area contributed by atoms with Crippen molar-refractivity contribution in [1.82, 2.24) is 0 Å². The molecule has 4 rings (SSSR count). The van der Waals surface area contributed by atoms with E-state index in [1.54, 1.807) is 13.8 Å². The van der Waals surface area contributed by atoms with E-state index < -0.39 is 11.2 Å². The van der Waals surface area contributed by atoms with Gasteiger partial charge in [0.2, 0.25) is 0 Å². The first-order valence-corrected chi connectivity index (χ1v) is 11.1. The van der Waals surface area contributed by atoms with Crippen molar-refractivity contribution >= 4 is 12.9 Å². The van der Waals surface area contributed by atoms with Gasteiger partial charge in [-0.3, -0.25) is 0 Å². The topological polar surface area (TPSA) is 29.5 Å². The fourth-order valence-electron chi connectivity index (χ4n) is 4.64. The molecule has 0 fully saturated rings. The Morgan fingerprint density at radius 1 is 0.806 bits per heavy atom. The summed E-state index contributed by atoms with van der Waals surface area (Å²) in [5.41, 5.74) is 8.51. The molecule has 2 nitrogen and oxygen atoms in total. The summed E-state index contributed by atoms with van der Waals surface area (Å²) in [6.07, 6.45) is 0. The number of hydrogen-bond acceptors (Lipinski definition) is 2. The van der Waals surface area contributed by atoms with Crippen LogP contribution in [-0.2, 0) is 10.1 Å². The maximum Gasteiger partial charge on any atom is 0.309 e. The first kappa shape index (κ1) is 21.9. The number of fused-ring (bicyclic) bond motifs is 3. The quantitative estimate of drug-likeness (QED) is 0.585. The standard InChI is InChI=1S/C28H33BO2/c1-18-14-19(2)16-20(15-18)28(7)24-11-9-8-10-22(24)23-13-12-21(17-25(23)28)29-31-27(5,6)26(3,4)30/h8-17,29-30H,1-7H3. The number of aryl methyl sites for hydroxylation is 2. The zero-order chi connectivity index (χ0) is 22.6. The van der Waals surface area contributed by atoms with Crippen LogP contribution in [0.25, 0.3) is 11.1 Å². The van der Waals surface area contributed by atoms with Crippen molar-refractivity contribution in [3.8, 4) is 11.1 Å². The second-order valence-electron chi connectivity index (χ2n) is 10.3. The van der Waals surface area contributed by atoms with Gasteiger partial charge >= 0.3 is 7.48 Å². The highest BCUT2D eigenvalue weighted by Gasteiger charge is 2.41. The van der Waals surface area contributed by atoms with Gasteiger partial charge in [-0.2, -0.15) is 0 Å². The van der Waals surface area contributed by atoms with E-state index in [9.17, 15) is 5.11 Å². The predicted octanol–water partition coefficient (Wildman–Crippen LogP) is 5.18.